The zero-order valence-electron chi connectivity index (χ0n) is 8.89. The number of nitriles is 1. The summed E-state index contributed by atoms with van der Waals surface area (Å²) in [5, 5.41) is 9.25. The minimum atomic E-state index is 0.0546. The van der Waals surface area contributed by atoms with Gasteiger partial charge in [0, 0.05) is 12.4 Å². The van der Waals surface area contributed by atoms with Crippen LogP contribution in [0.5, 0.6) is 0 Å². The Morgan fingerprint density at radius 3 is 2.73 bits per heavy atom. The van der Waals surface area contributed by atoms with Crippen molar-refractivity contribution in [3.8, 4) is 6.07 Å². The Balaban J connectivity index is 2.14. The molecule has 0 saturated heterocycles. The molecule has 0 aliphatic heterocycles. The SMILES string of the molecule is N#CC(c1cccnc1)C1CCCCC1. The van der Waals surface area contributed by atoms with Crippen LogP contribution in [0, 0.1) is 17.2 Å². The molecule has 1 atom stereocenters. The van der Waals surface area contributed by atoms with Crippen molar-refractivity contribution in [1.82, 2.24) is 4.98 Å². The molecule has 1 unspecified atom stereocenters. The highest BCUT2D eigenvalue weighted by Crippen LogP contribution is 2.35. The lowest BCUT2D eigenvalue weighted by molar-refractivity contribution is 0.335. The third-order valence-corrected chi connectivity index (χ3v) is 3.30. The number of rotatable bonds is 2. The quantitative estimate of drug-likeness (QED) is 0.734. The number of aromatic nitrogens is 1. The van der Waals surface area contributed by atoms with E-state index >= 15 is 0 Å². The molecule has 0 spiro atoms. The van der Waals surface area contributed by atoms with Crippen molar-refractivity contribution in [3.63, 3.8) is 0 Å². The summed E-state index contributed by atoms with van der Waals surface area (Å²) >= 11 is 0. The zero-order chi connectivity index (χ0) is 10.5. The van der Waals surface area contributed by atoms with E-state index in [2.05, 4.69) is 11.1 Å². The van der Waals surface area contributed by atoms with Gasteiger partial charge in [-0.1, -0.05) is 25.3 Å². The van der Waals surface area contributed by atoms with Crippen molar-refractivity contribution in [1.29, 1.82) is 5.26 Å². The highest BCUT2D eigenvalue weighted by molar-refractivity contribution is 5.22. The van der Waals surface area contributed by atoms with E-state index in [-0.39, 0.29) is 5.92 Å². The van der Waals surface area contributed by atoms with Crippen LogP contribution in [0.1, 0.15) is 43.6 Å². The molecule has 1 heterocycles. The number of hydrogen-bond acceptors (Lipinski definition) is 2. The first-order valence-corrected chi connectivity index (χ1v) is 5.71. The smallest absolute Gasteiger partial charge is 0.0755 e. The predicted molar refractivity (Wildman–Crippen MR) is 59.2 cm³/mol. The molecule has 2 rings (SSSR count). The van der Waals surface area contributed by atoms with Crippen molar-refractivity contribution < 1.29 is 0 Å². The molecule has 1 fully saturated rings. The third kappa shape index (κ3) is 2.36. The average Bonchev–Trinajstić information content (AvgIpc) is 2.33. The maximum absolute atomic E-state index is 9.25. The standard InChI is InChI=1S/C13H16N2/c14-9-13(11-5-2-1-3-6-11)12-7-4-8-15-10-12/h4,7-8,10-11,13H,1-3,5-6H2. The Morgan fingerprint density at radius 2 is 2.13 bits per heavy atom. The van der Waals surface area contributed by atoms with Crippen molar-refractivity contribution in [2.75, 3.05) is 0 Å². The topological polar surface area (TPSA) is 36.7 Å². The molecule has 78 valence electrons. The van der Waals surface area contributed by atoms with E-state index in [1.54, 1.807) is 6.20 Å². The van der Waals surface area contributed by atoms with E-state index in [1.165, 1.54) is 32.1 Å². The molecule has 1 saturated carbocycles. The maximum atomic E-state index is 9.25. The van der Waals surface area contributed by atoms with Crippen LogP contribution in [0.3, 0.4) is 0 Å². The van der Waals surface area contributed by atoms with Crippen LogP contribution >= 0.6 is 0 Å². The molecular weight excluding hydrogens is 184 g/mol. The van der Waals surface area contributed by atoms with Gasteiger partial charge in [-0.2, -0.15) is 5.26 Å². The summed E-state index contributed by atoms with van der Waals surface area (Å²) in [7, 11) is 0. The first kappa shape index (κ1) is 10.2. The van der Waals surface area contributed by atoms with Crippen LogP contribution in [0.4, 0.5) is 0 Å². The van der Waals surface area contributed by atoms with Gasteiger partial charge in [0.2, 0.25) is 0 Å². The monoisotopic (exact) mass is 200 g/mol. The minimum absolute atomic E-state index is 0.0546. The average molecular weight is 200 g/mol. The molecule has 0 amide bonds. The van der Waals surface area contributed by atoms with Gasteiger partial charge in [0.1, 0.15) is 0 Å². The van der Waals surface area contributed by atoms with Gasteiger partial charge < -0.3 is 0 Å². The van der Waals surface area contributed by atoms with Gasteiger partial charge in [-0.25, -0.2) is 0 Å². The van der Waals surface area contributed by atoms with E-state index < -0.39 is 0 Å². The normalized spacial score (nSPS) is 19.4. The van der Waals surface area contributed by atoms with Crippen LogP contribution in [0.15, 0.2) is 24.5 Å². The summed E-state index contributed by atoms with van der Waals surface area (Å²) in [4.78, 5) is 4.10. The number of hydrogen-bond donors (Lipinski definition) is 0. The van der Waals surface area contributed by atoms with Crippen LogP contribution in [0.2, 0.25) is 0 Å². The Hall–Kier alpha value is -1.36. The van der Waals surface area contributed by atoms with Crippen molar-refractivity contribution in [2.24, 2.45) is 5.92 Å². The molecule has 2 heteroatoms. The number of pyridine rings is 1. The molecule has 2 nitrogen and oxygen atoms in total. The van der Waals surface area contributed by atoms with Crippen LogP contribution in [-0.2, 0) is 0 Å². The summed E-state index contributed by atoms with van der Waals surface area (Å²) < 4.78 is 0. The predicted octanol–water partition coefficient (Wildman–Crippen LogP) is 3.27. The lowest BCUT2D eigenvalue weighted by atomic mass is 9.78. The second-order valence-electron chi connectivity index (χ2n) is 4.29. The molecule has 15 heavy (non-hydrogen) atoms. The molecule has 0 N–H and O–H groups in total. The zero-order valence-corrected chi connectivity index (χ0v) is 8.89. The fourth-order valence-corrected chi connectivity index (χ4v) is 2.48. The Kier molecular flexibility index (Phi) is 3.34. The van der Waals surface area contributed by atoms with Crippen molar-refractivity contribution in [3.05, 3.63) is 30.1 Å². The van der Waals surface area contributed by atoms with E-state index in [0.717, 1.165) is 5.56 Å². The van der Waals surface area contributed by atoms with E-state index in [4.69, 9.17) is 0 Å². The van der Waals surface area contributed by atoms with Crippen LogP contribution < -0.4 is 0 Å². The lowest BCUT2D eigenvalue weighted by Gasteiger charge is -2.25. The van der Waals surface area contributed by atoms with Gasteiger partial charge in [0.05, 0.1) is 12.0 Å². The van der Waals surface area contributed by atoms with Crippen LogP contribution in [-0.4, -0.2) is 4.98 Å². The summed E-state index contributed by atoms with van der Waals surface area (Å²) in [6, 6.07) is 6.39. The fourth-order valence-electron chi connectivity index (χ4n) is 2.48. The maximum Gasteiger partial charge on any atom is 0.0755 e. The third-order valence-electron chi connectivity index (χ3n) is 3.30. The largest absolute Gasteiger partial charge is 0.264 e. The van der Waals surface area contributed by atoms with Gasteiger partial charge in [-0.15, -0.1) is 0 Å². The van der Waals surface area contributed by atoms with Crippen LogP contribution in [0.25, 0.3) is 0 Å². The summed E-state index contributed by atoms with van der Waals surface area (Å²) in [6.45, 7) is 0. The summed E-state index contributed by atoms with van der Waals surface area (Å²) in [6.07, 6.45) is 9.90. The Bertz CT molecular complexity index is 333. The Labute approximate surface area is 91.0 Å². The van der Waals surface area contributed by atoms with E-state index in [0.29, 0.717) is 5.92 Å². The second kappa shape index (κ2) is 4.93. The second-order valence-corrected chi connectivity index (χ2v) is 4.29. The van der Waals surface area contributed by atoms with Crippen molar-refractivity contribution >= 4 is 0 Å². The lowest BCUT2D eigenvalue weighted by Crippen LogP contribution is -2.15. The first-order chi connectivity index (χ1) is 7.42. The molecule has 0 radical (unpaired) electrons. The Morgan fingerprint density at radius 1 is 1.33 bits per heavy atom. The highest BCUT2D eigenvalue weighted by Gasteiger charge is 2.24. The number of nitrogens with zero attached hydrogens (tertiary/aromatic N) is 2. The van der Waals surface area contributed by atoms with Gasteiger partial charge in [-0.3, -0.25) is 4.98 Å². The van der Waals surface area contributed by atoms with Crippen molar-refractivity contribution in [2.45, 2.75) is 38.0 Å². The first-order valence-electron chi connectivity index (χ1n) is 5.71. The highest BCUT2D eigenvalue weighted by atomic mass is 14.6. The van der Waals surface area contributed by atoms with Gasteiger partial charge in [0.25, 0.3) is 0 Å². The van der Waals surface area contributed by atoms with Gasteiger partial charge >= 0.3 is 0 Å². The molecule has 1 aliphatic carbocycles. The molecule has 1 aromatic rings. The summed E-state index contributed by atoms with van der Waals surface area (Å²) in [5.74, 6) is 0.604. The van der Waals surface area contributed by atoms with E-state index in [9.17, 15) is 5.26 Å². The fraction of sp³-hybridized carbons (Fsp3) is 0.538. The van der Waals surface area contributed by atoms with E-state index in [1.807, 2.05) is 18.3 Å². The minimum Gasteiger partial charge on any atom is -0.264 e. The van der Waals surface area contributed by atoms with Gasteiger partial charge in [-0.05, 0) is 30.4 Å². The molecule has 1 aliphatic rings. The molecule has 0 aromatic carbocycles. The van der Waals surface area contributed by atoms with Gasteiger partial charge in [0.15, 0.2) is 0 Å². The molecule has 0 bridgehead atoms. The molecular formula is C13H16N2. The summed E-state index contributed by atoms with van der Waals surface area (Å²) in [5.41, 5.74) is 1.09. The molecule has 1 aromatic heterocycles.